The highest BCUT2D eigenvalue weighted by Gasteiger charge is 2.32. The maximum atomic E-state index is 12.4. The maximum absolute atomic E-state index is 12.4. The second kappa shape index (κ2) is 6.41. The molecule has 0 unspecified atom stereocenters. The molecule has 2 heterocycles. The van der Waals surface area contributed by atoms with Crippen molar-refractivity contribution in [1.29, 1.82) is 0 Å². The molecule has 0 saturated heterocycles. The van der Waals surface area contributed by atoms with Gasteiger partial charge in [-0.25, -0.2) is 9.78 Å². The fourth-order valence-corrected chi connectivity index (χ4v) is 3.04. The molecular formula is C15H13ClN2O6S. The summed E-state index contributed by atoms with van der Waals surface area (Å²) in [4.78, 5) is 27.2. The summed E-state index contributed by atoms with van der Waals surface area (Å²) in [5.41, 5.74) is -1.56. The number of aromatic carboxylic acids is 1. The van der Waals surface area contributed by atoms with E-state index in [1.807, 2.05) is 0 Å². The first-order chi connectivity index (χ1) is 11.8. The number of carbonyl (C=O) groups is 2. The van der Waals surface area contributed by atoms with E-state index in [0.717, 1.165) is 11.3 Å². The molecule has 1 aromatic heterocycles. The van der Waals surface area contributed by atoms with Crippen LogP contribution in [0.4, 0.5) is 5.13 Å². The van der Waals surface area contributed by atoms with Gasteiger partial charge in [-0.2, -0.15) is 0 Å². The Hall–Kier alpha value is -2.52. The Morgan fingerprint density at radius 3 is 2.76 bits per heavy atom. The second-order valence-electron chi connectivity index (χ2n) is 5.53. The number of hydrogen-bond donors (Lipinski definition) is 2. The Bertz CT molecular complexity index is 851. The number of amides is 1. The number of rotatable bonds is 5. The van der Waals surface area contributed by atoms with E-state index in [-0.39, 0.29) is 22.0 Å². The summed E-state index contributed by atoms with van der Waals surface area (Å²) >= 11 is 6.65. The summed E-state index contributed by atoms with van der Waals surface area (Å²) in [6, 6.07) is 4.97. The lowest BCUT2D eigenvalue weighted by Gasteiger charge is -2.24. The van der Waals surface area contributed by atoms with Gasteiger partial charge < -0.3 is 19.3 Å². The van der Waals surface area contributed by atoms with Crippen LogP contribution in [0.2, 0.25) is 4.34 Å². The van der Waals surface area contributed by atoms with Crippen molar-refractivity contribution in [3.63, 3.8) is 0 Å². The van der Waals surface area contributed by atoms with Gasteiger partial charge in [0.25, 0.3) is 5.91 Å². The van der Waals surface area contributed by atoms with E-state index >= 15 is 0 Å². The van der Waals surface area contributed by atoms with E-state index in [2.05, 4.69) is 10.3 Å². The molecule has 1 aromatic carbocycles. The Morgan fingerprint density at radius 2 is 2.08 bits per heavy atom. The van der Waals surface area contributed by atoms with Crippen molar-refractivity contribution in [2.45, 2.75) is 19.4 Å². The van der Waals surface area contributed by atoms with Gasteiger partial charge in [0.1, 0.15) is 10.1 Å². The normalized spacial score (nSPS) is 12.8. The van der Waals surface area contributed by atoms with E-state index in [0.29, 0.717) is 17.2 Å². The number of thiazole rings is 1. The van der Waals surface area contributed by atoms with Crippen LogP contribution < -0.4 is 19.5 Å². The van der Waals surface area contributed by atoms with Gasteiger partial charge in [0.2, 0.25) is 6.79 Å². The molecule has 0 fully saturated rings. The first-order valence-corrected chi connectivity index (χ1v) is 8.25. The summed E-state index contributed by atoms with van der Waals surface area (Å²) in [5, 5.41) is 11.5. The lowest BCUT2D eigenvalue weighted by Crippen LogP contribution is -2.42. The molecule has 0 saturated carbocycles. The summed E-state index contributed by atoms with van der Waals surface area (Å²) in [5.74, 6) is -0.210. The minimum absolute atomic E-state index is 0.0164. The minimum atomic E-state index is -1.27. The van der Waals surface area contributed by atoms with Crippen LogP contribution in [0.15, 0.2) is 18.2 Å². The van der Waals surface area contributed by atoms with Crippen molar-refractivity contribution >= 4 is 39.9 Å². The molecule has 10 heteroatoms. The van der Waals surface area contributed by atoms with Gasteiger partial charge in [0.05, 0.1) is 0 Å². The third kappa shape index (κ3) is 3.62. The standard InChI is InChI=1S/C15H13ClN2O6S/c1-15(2,24-7-3-4-8-9(5-7)23-6-22-8)13(21)18-14-17-10(12(19)20)11(16)25-14/h3-5H,6H2,1-2H3,(H,19,20)(H,17,18,21). The van der Waals surface area contributed by atoms with Gasteiger partial charge in [0, 0.05) is 6.07 Å². The number of nitrogens with zero attached hydrogens (tertiary/aromatic N) is 1. The smallest absolute Gasteiger partial charge is 0.357 e. The Labute approximate surface area is 151 Å². The van der Waals surface area contributed by atoms with Gasteiger partial charge in [-0.15, -0.1) is 0 Å². The second-order valence-corrected chi connectivity index (χ2v) is 7.13. The molecule has 0 radical (unpaired) electrons. The van der Waals surface area contributed by atoms with Crippen LogP contribution in [0.25, 0.3) is 0 Å². The van der Waals surface area contributed by atoms with E-state index in [9.17, 15) is 9.59 Å². The average Bonchev–Trinajstić information content (AvgIpc) is 3.12. The molecule has 1 amide bonds. The molecule has 132 valence electrons. The van der Waals surface area contributed by atoms with Crippen molar-refractivity contribution in [2.24, 2.45) is 0 Å². The maximum Gasteiger partial charge on any atom is 0.357 e. The molecule has 0 atom stereocenters. The van der Waals surface area contributed by atoms with E-state index < -0.39 is 17.5 Å². The molecular weight excluding hydrogens is 372 g/mol. The zero-order chi connectivity index (χ0) is 18.2. The summed E-state index contributed by atoms with van der Waals surface area (Å²) in [6.45, 7) is 3.28. The Kier molecular flexibility index (Phi) is 4.44. The lowest BCUT2D eigenvalue weighted by molar-refractivity contribution is -0.128. The largest absolute Gasteiger partial charge is 0.478 e. The number of halogens is 1. The molecule has 8 nitrogen and oxygen atoms in total. The number of fused-ring (bicyclic) bond motifs is 1. The molecule has 1 aliphatic heterocycles. The minimum Gasteiger partial charge on any atom is -0.478 e. The quantitative estimate of drug-likeness (QED) is 0.815. The number of anilines is 1. The van der Waals surface area contributed by atoms with Gasteiger partial charge in [-0.3, -0.25) is 10.1 Å². The van der Waals surface area contributed by atoms with Gasteiger partial charge >= 0.3 is 5.97 Å². The Balaban J connectivity index is 1.72. The third-order valence-electron chi connectivity index (χ3n) is 3.27. The van der Waals surface area contributed by atoms with E-state index in [1.165, 1.54) is 0 Å². The third-order valence-corrected chi connectivity index (χ3v) is 4.44. The molecule has 1 aliphatic rings. The van der Waals surface area contributed by atoms with E-state index in [4.69, 9.17) is 30.9 Å². The molecule has 3 rings (SSSR count). The monoisotopic (exact) mass is 384 g/mol. The van der Waals surface area contributed by atoms with Gasteiger partial charge in [-0.1, -0.05) is 22.9 Å². The number of benzene rings is 1. The average molecular weight is 385 g/mol. The van der Waals surface area contributed by atoms with Gasteiger partial charge in [-0.05, 0) is 26.0 Å². The number of ether oxygens (including phenoxy) is 3. The number of carbonyl (C=O) groups excluding carboxylic acids is 1. The van der Waals surface area contributed by atoms with Crippen molar-refractivity contribution in [3.8, 4) is 17.2 Å². The predicted molar refractivity (Wildman–Crippen MR) is 90.0 cm³/mol. The van der Waals surface area contributed by atoms with Crippen LogP contribution >= 0.6 is 22.9 Å². The SMILES string of the molecule is CC(C)(Oc1ccc2c(c1)OCO2)C(=O)Nc1nc(C(=O)O)c(Cl)s1. The number of nitrogens with one attached hydrogen (secondary N) is 1. The molecule has 2 N–H and O–H groups in total. The molecule has 0 bridgehead atoms. The summed E-state index contributed by atoms with van der Waals surface area (Å²) < 4.78 is 16.2. The topological polar surface area (TPSA) is 107 Å². The fraction of sp³-hybridized carbons (Fsp3) is 0.267. The molecule has 0 aliphatic carbocycles. The zero-order valence-electron chi connectivity index (χ0n) is 13.2. The summed E-state index contributed by atoms with van der Waals surface area (Å²) in [7, 11) is 0. The predicted octanol–water partition coefficient (Wildman–Crippen LogP) is 3.02. The van der Waals surface area contributed by atoms with Gasteiger partial charge in [0.15, 0.2) is 27.9 Å². The highest BCUT2D eigenvalue weighted by Crippen LogP contribution is 2.36. The number of carboxylic acid groups (broad SMARTS) is 1. The Morgan fingerprint density at radius 1 is 1.36 bits per heavy atom. The van der Waals surface area contributed by atoms with Crippen LogP contribution in [0.1, 0.15) is 24.3 Å². The molecule has 2 aromatic rings. The highest BCUT2D eigenvalue weighted by molar-refractivity contribution is 7.20. The zero-order valence-corrected chi connectivity index (χ0v) is 14.7. The molecule has 25 heavy (non-hydrogen) atoms. The van der Waals surface area contributed by atoms with Crippen LogP contribution in [-0.2, 0) is 4.79 Å². The van der Waals surface area contributed by atoms with Crippen LogP contribution in [-0.4, -0.2) is 34.4 Å². The fourth-order valence-electron chi connectivity index (χ4n) is 2.02. The van der Waals surface area contributed by atoms with E-state index in [1.54, 1.807) is 32.0 Å². The van der Waals surface area contributed by atoms with Crippen LogP contribution in [0.3, 0.4) is 0 Å². The highest BCUT2D eigenvalue weighted by atomic mass is 35.5. The van der Waals surface area contributed by atoms with Crippen LogP contribution in [0.5, 0.6) is 17.2 Å². The molecule has 0 spiro atoms. The van der Waals surface area contributed by atoms with Crippen LogP contribution in [0, 0.1) is 0 Å². The van der Waals surface area contributed by atoms with Crippen molar-refractivity contribution in [1.82, 2.24) is 4.98 Å². The number of hydrogen-bond acceptors (Lipinski definition) is 7. The first kappa shape index (κ1) is 17.3. The van der Waals surface area contributed by atoms with Crippen molar-refractivity contribution in [3.05, 3.63) is 28.2 Å². The first-order valence-electron chi connectivity index (χ1n) is 7.06. The van der Waals surface area contributed by atoms with Crippen molar-refractivity contribution in [2.75, 3.05) is 12.1 Å². The number of carboxylic acids is 1. The lowest BCUT2D eigenvalue weighted by atomic mass is 10.1. The summed E-state index contributed by atoms with van der Waals surface area (Å²) in [6.07, 6.45) is 0. The number of aromatic nitrogens is 1. The van der Waals surface area contributed by atoms with Crippen molar-refractivity contribution < 1.29 is 28.9 Å².